The van der Waals surface area contributed by atoms with Crippen LogP contribution >= 0.6 is 0 Å². The molecule has 0 aliphatic carbocycles. The molecule has 0 saturated heterocycles. The summed E-state index contributed by atoms with van der Waals surface area (Å²) in [5.41, 5.74) is 2.48. The number of benzene rings is 3. The monoisotopic (exact) mass is 419 g/mol. The lowest BCUT2D eigenvalue weighted by molar-refractivity contribution is -0.384. The number of nitro groups is 1. The largest absolute Gasteiger partial charge is 0.497 e. The summed E-state index contributed by atoms with van der Waals surface area (Å²) in [7, 11) is 1.60. The van der Waals surface area contributed by atoms with Gasteiger partial charge in [-0.25, -0.2) is 4.98 Å². The fourth-order valence-electron chi connectivity index (χ4n) is 2.87. The number of amides is 1. The van der Waals surface area contributed by atoms with E-state index in [2.05, 4.69) is 10.3 Å². The van der Waals surface area contributed by atoms with E-state index < -0.39 is 4.92 Å². The highest BCUT2D eigenvalue weighted by molar-refractivity contribution is 5.94. The van der Waals surface area contributed by atoms with Crippen molar-refractivity contribution in [3.63, 3.8) is 0 Å². The molecule has 0 saturated carbocycles. The summed E-state index contributed by atoms with van der Waals surface area (Å²) in [6.45, 7) is -0.244. The second kappa shape index (κ2) is 8.54. The zero-order chi connectivity index (χ0) is 21.8. The number of ether oxygens (including phenoxy) is 2. The molecule has 1 N–H and O–H groups in total. The van der Waals surface area contributed by atoms with E-state index in [9.17, 15) is 14.9 Å². The molecule has 1 amide bonds. The number of hydrogen-bond acceptors (Lipinski definition) is 7. The molecule has 4 aromatic rings. The maximum atomic E-state index is 12.2. The summed E-state index contributed by atoms with van der Waals surface area (Å²) in [6.07, 6.45) is 0. The summed E-state index contributed by atoms with van der Waals surface area (Å²) in [5.74, 6) is 1.18. The van der Waals surface area contributed by atoms with Crippen molar-refractivity contribution in [2.45, 2.75) is 0 Å². The van der Waals surface area contributed by atoms with E-state index in [1.807, 2.05) is 24.3 Å². The minimum absolute atomic E-state index is 0.0493. The highest BCUT2D eigenvalue weighted by atomic mass is 16.6. The Bertz CT molecular complexity index is 1230. The van der Waals surface area contributed by atoms with Crippen LogP contribution in [0.3, 0.4) is 0 Å². The number of fused-ring (bicyclic) bond motifs is 1. The van der Waals surface area contributed by atoms with Crippen LogP contribution in [0.2, 0.25) is 0 Å². The first-order chi connectivity index (χ1) is 15.0. The molecule has 9 nitrogen and oxygen atoms in total. The van der Waals surface area contributed by atoms with Gasteiger partial charge < -0.3 is 19.2 Å². The maximum Gasteiger partial charge on any atom is 0.269 e. The first kappa shape index (κ1) is 19.9. The van der Waals surface area contributed by atoms with Crippen LogP contribution < -0.4 is 14.8 Å². The zero-order valence-electron chi connectivity index (χ0n) is 16.4. The number of rotatable bonds is 7. The van der Waals surface area contributed by atoms with Crippen molar-refractivity contribution >= 4 is 28.4 Å². The summed E-state index contributed by atoms with van der Waals surface area (Å²) in [4.78, 5) is 26.8. The van der Waals surface area contributed by atoms with Gasteiger partial charge in [0.15, 0.2) is 12.2 Å². The summed E-state index contributed by atoms with van der Waals surface area (Å²) >= 11 is 0. The van der Waals surface area contributed by atoms with Crippen LogP contribution in [0, 0.1) is 10.1 Å². The van der Waals surface area contributed by atoms with E-state index in [0.717, 1.165) is 11.3 Å². The van der Waals surface area contributed by atoms with Gasteiger partial charge >= 0.3 is 0 Å². The van der Waals surface area contributed by atoms with Gasteiger partial charge in [0.05, 0.1) is 12.0 Å². The Kier molecular flexibility index (Phi) is 5.48. The Morgan fingerprint density at radius 2 is 1.77 bits per heavy atom. The second-order valence-electron chi connectivity index (χ2n) is 6.52. The van der Waals surface area contributed by atoms with Gasteiger partial charge in [-0.15, -0.1) is 0 Å². The Hall–Kier alpha value is -4.40. The van der Waals surface area contributed by atoms with Crippen LogP contribution in [0.5, 0.6) is 11.5 Å². The normalized spacial score (nSPS) is 10.6. The molecular weight excluding hydrogens is 402 g/mol. The average Bonchev–Trinajstić information content (AvgIpc) is 3.21. The molecule has 31 heavy (non-hydrogen) atoms. The summed E-state index contributed by atoms with van der Waals surface area (Å²) in [6, 6.07) is 18.0. The van der Waals surface area contributed by atoms with E-state index in [4.69, 9.17) is 13.9 Å². The van der Waals surface area contributed by atoms with Crippen LogP contribution in [0.25, 0.3) is 22.6 Å². The van der Waals surface area contributed by atoms with Gasteiger partial charge in [-0.1, -0.05) is 0 Å². The molecule has 156 valence electrons. The van der Waals surface area contributed by atoms with Gasteiger partial charge in [-0.05, 0) is 54.6 Å². The van der Waals surface area contributed by atoms with Crippen LogP contribution in [0.15, 0.2) is 71.1 Å². The molecule has 1 heterocycles. The van der Waals surface area contributed by atoms with Crippen LogP contribution in [-0.4, -0.2) is 29.5 Å². The molecule has 9 heteroatoms. The number of hydrogen-bond donors (Lipinski definition) is 1. The molecule has 1 aromatic heterocycles. The number of nitrogens with one attached hydrogen (secondary N) is 1. The third kappa shape index (κ3) is 4.61. The van der Waals surface area contributed by atoms with Crippen LogP contribution in [0.1, 0.15) is 0 Å². The highest BCUT2D eigenvalue weighted by Crippen LogP contribution is 2.27. The molecule has 0 aliphatic heterocycles. The Morgan fingerprint density at radius 3 is 2.45 bits per heavy atom. The molecule has 0 bridgehead atoms. The number of carbonyl (C=O) groups is 1. The van der Waals surface area contributed by atoms with Crippen molar-refractivity contribution in [2.24, 2.45) is 0 Å². The van der Waals surface area contributed by atoms with Crippen molar-refractivity contribution in [2.75, 3.05) is 19.0 Å². The number of nitro benzene ring substituents is 1. The van der Waals surface area contributed by atoms with Crippen molar-refractivity contribution in [1.82, 2.24) is 4.98 Å². The van der Waals surface area contributed by atoms with E-state index in [1.54, 1.807) is 25.3 Å². The number of nitrogens with zero attached hydrogens (tertiary/aromatic N) is 2. The predicted molar refractivity (Wildman–Crippen MR) is 113 cm³/mol. The molecule has 0 fully saturated rings. The average molecular weight is 419 g/mol. The summed E-state index contributed by atoms with van der Waals surface area (Å²) in [5, 5.41) is 13.4. The minimum Gasteiger partial charge on any atom is -0.497 e. The van der Waals surface area contributed by atoms with Gasteiger partial charge in [0.25, 0.3) is 11.6 Å². The second-order valence-corrected chi connectivity index (χ2v) is 6.52. The van der Waals surface area contributed by atoms with Crippen molar-refractivity contribution in [3.8, 4) is 23.0 Å². The van der Waals surface area contributed by atoms with Gasteiger partial charge in [0.1, 0.15) is 17.0 Å². The lowest BCUT2D eigenvalue weighted by atomic mass is 10.2. The van der Waals surface area contributed by atoms with Gasteiger partial charge in [-0.2, -0.15) is 0 Å². The zero-order valence-corrected chi connectivity index (χ0v) is 16.4. The topological polar surface area (TPSA) is 117 Å². The fourth-order valence-corrected chi connectivity index (χ4v) is 2.87. The quantitative estimate of drug-likeness (QED) is 0.348. The molecule has 0 aliphatic rings. The Labute approximate surface area is 176 Å². The van der Waals surface area contributed by atoms with Gasteiger partial charge in [-0.3, -0.25) is 14.9 Å². The van der Waals surface area contributed by atoms with Crippen LogP contribution in [0.4, 0.5) is 11.4 Å². The first-order valence-electron chi connectivity index (χ1n) is 9.24. The Morgan fingerprint density at radius 1 is 1.06 bits per heavy atom. The molecule has 4 rings (SSSR count). The number of oxazole rings is 1. The SMILES string of the molecule is COc1ccc(-c2nc3cc(NC(=O)COc4ccc([N+](=O)[O-])cc4)ccc3o2)cc1. The van der Waals surface area contributed by atoms with E-state index >= 15 is 0 Å². The number of aromatic nitrogens is 1. The predicted octanol–water partition coefficient (Wildman–Crippen LogP) is 4.43. The number of methoxy groups -OCH3 is 1. The van der Waals surface area contributed by atoms with E-state index in [0.29, 0.717) is 28.4 Å². The molecule has 0 unspecified atom stereocenters. The fraction of sp³-hybridized carbons (Fsp3) is 0.0909. The molecule has 3 aromatic carbocycles. The van der Waals surface area contributed by atoms with Gasteiger partial charge in [0, 0.05) is 23.4 Å². The number of carbonyl (C=O) groups excluding carboxylic acids is 1. The lowest BCUT2D eigenvalue weighted by Crippen LogP contribution is -2.20. The molecule has 0 radical (unpaired) electrons. The van der Waals surface area contributed by atoms with Crippen molar-refractivity contribution < 1.29 is 23.6 Å². The Balaban J connectivity index is 1.40. The summed E-state index contributed by atoms with van der Waals surface area (Å²) < 4.78 is 16.3. The third-order valence-electron chi connectivity index (χ3n) is 4.43. The highest BCUT2D eigenvalue weighted by Gasteiger charge is 2.11. The first-order valence-corrected chi connectivity index (χ1v) is 9.24. The number of anilines is 1. The van der Waals surface area contributed by atoms with E-state index in [1.165, 1.54) is 24.3 Å². The smallest absolute Gasteiger partial charge is 0.269 e. The van der Waals surface area contributed by atoms with E-state index in [-0.39, 0.29) is 18.2 Å². The molecule has 0 spiro atoms. The maximum absolute atomic E-state index is 12.2. The molecular formula is C22H17N3O6. The van der Waals surface area contributed by atoms with Crippen LogP contribution in [-0.2, 0) is 4.79 Å². The number of non-ortho nitro benzene ring substituents is 1. The van der Waals surface area contributed by atoms with Gasteiger partial charge in [0.2, 0.25) is 5.89 Å². The van der Waals surface area contributed by atoms with Crippen molar-refractivity contribution in [3.05, 3.63) is 76.8 Å². The standard InChI is InChI=1S/C22H17N3O6/c1-29-17-7-2-14(3-8-17)22-24-19-12-15(4-11-20(19)31-22)23-21(26)13-30-18-9-5-16(6-10-18)25(27)28/h2-12H,13H2,1H3,(H,23,26). The minimum atomic E-state index is -0.503. The lowest BCUT2D eigenvalue weighted by Gasteiger charge is -2.07. The van der Waals surface area contributed by atoms with Crippen molar-refractivity contribution in [1.29, 1.82) is 0 Å². The molecule has 0 atom stereocenters. The third-order valence-corrected chi connectivity index (χ3v) is 4.43.